The first-order valence-electron chi connectivity index (χ1n) is 5.60. The van der Waals surface area contributed by atoms with Crippen molar-refractivity contribution >= 4 is 17.6 Å². The van der Waals surface area contributed by atoms with Crippen molar-refractivity contribution in [2.45, 2.75) is 33.3 Å². The van der Waals surface area contributed by atoms with Crippen LogP contribution in [0.2, 0.25) is 0 Å². The van der Waals surface area contributed by atoms with Gasteiger partial charge in [0.1, 0.15) is 0 Å². The molecule has 0 heterocycles. The van der Waals surface area contributed by atoms with E-state index in [-0.39, 0.29) is 18.3 Å². The Bertz CT molecular complexity index is 398. The fourth-order valence-electron chi connectivity index (χ4n) is 1.21. The van der Waals surface area contributed by atoms with E-state index in [1.54, 1.807) is 13.8 Å². The number of anilines is 1. The molecule has 0 unspecified atom stereocenters. The number of aryl methyl sites for hydroxylation is 1. The topological polar surface area (TPSA) is 55.4 Å². The number of amides is 1. The Hall–Kier alpha value is -1.84. The molecular weight excluding hydrogens is 218 g/mol. The summed E-state index contributed by atoms with van der Waals surface area (Å²) in [6.45, 7) is 5.21. The fraction of sp³-hybridized carbons (Fsp3) is 0.385. The molecule has 0 radical (unpaired) electrons. The SMILES string of the molecule is CCC(=O)O[C@@H](C)C(=O)Nc1ccc(C)cc1. The third kappa shape index (κ3) is 4.26. The maximum absolute atomic E-state index is 11.7. The number of nitrogens with one attached hydrogen (secondary N) is 1. The van der Waals surface area contributed by atoms with E-state index < -0.39 is 6.10 Å². The van der Waals surface area contributed by atoms with Gasteiger partial charge in [0.25, 0.3) is 5.91 Å². The van der Waals surface area contributed by atoms with Crippen molar-refractivity contribution in [3.05, 3.63) is 29.8 Å². The molecule has 0 aromatic heterocycles. The van der Waals surface area contributed by atoms with Gasteiger partial charge in [-0.05, 0) is 26.0 Å². The molecule has 1 aromatic rings. The van der Waals surface area contributed by atoms with Gasteiger partial charge in [0, 0.05) is 12.1 Å². The molecule has 0 saturated heterocycles. The molecule has 1 N–H and O–H groups in total. The summed E-state index contributed by atoms with van der Waals surface area (Å²) in [5, 5.41) is 2.68. The molecule has 0 saturated carbocycles. The van der Waals surface area contributed by atoms with Crippen LogP contribution < -0.4 is 5.32 Å². The van der Waals surface area contributed by atoms with Gasteiger partial charge >= 0.3 is 5.97 Å². The molecule has 92 valence electrons. The van der Waals surface area contributed by atoms with Crippen molar-refractivity contribution in [1.82, 2.24) is 0 Å². The molecule has 0 spiro atoms. The van der Waals surface area contributed by atoms with Gasteiger partial charge < -0.3 is 10.1 Å². The third-order valence-electron chi connectivity index (χ3n) is 2.29. The smallest absolute Gasteiger partial charge is 0.306 e. The molecule has 0 aliphatic rings. The average Bonchev–Trinajstić information content (AvgIpc) is 2.31. The zero-order valence-electron chi connectivity index (χ0n) is 10.3. The highest BCUT2D eigenvalue weighted by atomic mass is 16.5. The number of hydrogen-bond acceptors (Lipinski definition) is 3. The fourth-order valence-corrected chi connectivity index (χ4v) is 1.21. The summed E-state index contributed by atoms with van der Waals surface area (Å²) in [5.41, 5.74) is 1.81. The van der Waals surface area contributed by atoms with Crippen LogP contribution >= 0.6 is 0 Å². The number of rotatable bonds is 4. The minimum absolute atomic E-state index is 0.266. The van der Waals surface area contributed by atoms with E-state index in [2.05, 4.69) is 5.32 Å². The first-order valence-corrected chi connectivity index (χ1v) is 5.60. The van der Waals surface area contributed by atoms with Gasteiger partial charge in [-0.15, -0.1) is 0 Å². The van der Waals surface area contributed by atoms with Crippen LogP contribution in [-0.4, -0.2) is 18.0 Å². The van der Waals surface area contributed by atoms with Crippen LogP contribution in [0.1, 0.15) is 25.8 Å². The maximum atomic E-state index is 11.7. The number of esters is 1. The summed E-state index contributed by atoms with van der Waals surface area (Å²) < 4.78 is 4.91. The number of carbonyl (C=O) groups excluding carboxylic acids is 2. The van der Waals surface area contributed by atoms with E-state index in [0.717, 1.165) is 5.56 Å². The predicted octanol–water partition coefficient (Wildman–Crippen LogP) is 2.28. The predicted molar refractivity (Wildman–Crippen MR) is 65.7 cm³/mol. The summed E-state index contributed by atoms with van der Waals surface area (Å²) in [5.74, 6) is -0.702. The van der Waals surface area contributed by atoms with Crippen LogP contribution in [-0.2, 0) is 14.3 Å². The van der Waals surface area contributed by atoms with Crippen LogP contribution in [0.25, 0.3) is 0 Å². The molecule has 1 atom stereocenters. The van der Waals surface area contributed by atoms with Crippen molar-refractivity contribution in [2.24, 2.45) is 0 Å². The summed E-state index contributed by atoms with van der Waals surface area (Å²) in [6, 6.07) is 7.42. The van der Waals surface area contributed by atoms with Gasteiger partial charge in [0.05, 0.1) is 0 Å². The average molecular weight is 235 g/mol. The van der Waals surface area contributed by atoms with Crippen molar-refractivity contribution in [3.63, 3.8) is 0 Å². The Labute approximate surface area is 101 Å². The van der Waals surface area contributed by atoms with E-state index in [9.17, 15) is 9.59 Å². The minimum atomic E-state index is -0.774. The highest BCUT2D eigenvalue weighted by Crippen LogP contribution is 2.09. The number of benzene rings is 1. The van der Waals surface area contributed by atoms with Gasteiger partial charge in [-0.1, -0.05) is 24.6 Å². The zero-order chi connectivity index (χ0) is 12.8. The van der Waals surface area contributed by atoms with Crippen molar-refractivity contribution in [2.75, 3.05) is 5.32 Å². The molecule has 1 rings (SSSR count). The summed E-state index contributed by atoms with van der Waals surface area (Å²) in [6.07, 6.45) is -0.508. The Kier molecular flexibility index (Phi) is 4.69. The molecule has 0 aliphatic carbocycles. The third-order valence-corrected chi connectivity index (χ3v) is 2.29. The highest BCUT2D eigenvalue weighted by Gasteiger charge is 2.16. The second kappa shape index (κ2) is 6.03. The van der Waals surface area contributed by atoms with Gasteiger partial charge in [0.2, 0.25) is 0 Å². The largest absolute Gasteiger partial charge is 0.453 e. The van der Waals surface area contributed by atoms with Crippen LogP contribution in [0.5, 0.6) is 0 Å². The molecule has 1 amide bonds. The van der Waals surface area contributed by atoms with E-state index in [0.29, 0.717) is 5.69 Å². The second-order valence-corrected chi connectivity index (χ2v) is 3.84. The number of carbonyl (C=O) groups is 2. The Balaban J connectivity index is 2.54. The molecule has 0 aliphatic heterocycles. The first-order chi connectivity index (χ1) is 8.02. The lowest BCUT2D eigenvalue weighted by Gasteiger charge is -2.12. The Morgan fingerprint density at radius 3 is 2.41 bits per heavy atom. The van der Waals surface area contributed by atoms with Crippen LogP contribution in [0, 0.1) is 6.92 Å². The molecule has 4 heteroatoms. The highest BCUT2D eigenvalue weighted by molar-refractivity contribution is 5.95. The molecular formula is C13H17NO3. The number of ether oxygens (including phenoxy) is 1. The Morgan fingerprint density at radius 2 is 1.88 bits per heavy atom. The van der Waals surface area contributed by atoms with Crippen molar-refractivity contribution in [3.8, 4) is 0 Å². The van der Waals surface area contributed by atoms with Crippen LogP contribution in [0.15, 0.2) is 24.3 Å². The standard InChI is InChI=1S/C13H17NO3/c1-4-12(15)17-10(3)13(16)14-11-7-5-9(2)6-8-11/h5-8,10H,4H2,1-3H3,(H,14,16)/t10-/m0/s1. The van der Waals surface area contributed by atoms with Crippen molar-refractivity contribution < 1.29 is 14.3 Å². The molecule has 0 bridgehead atoms. The van der Waals surface area contributed by atoms with E-state index in [4.69, 9.17) is 4.74 Å². The van der Waals surface area contributed by atoms with Gasteiger partial charge in [-0.2, -0.15) is 0 Å². The number of hydrogen-bond donors (Lipinski definition) is 1. The minimum Gasteiger partial charge on any atom is -0.453 e. The first kappa shape index (κ1) is 13.2. The van der Waals surface area contributed by atoms with Gasteiger partial charge in [-0.3, -0.25) is 9.59 Å². The van der Waals surface area contributed by atoms with Gasteiger partial charge in [-0.25, -0.2) is 0 Å². The maximum Gasteiger partial charge on any atom is 0.306 e. The van der Waals surface area contributed by atoms with E-state index >= 15 is 0 Å². The van der Waals surface area contributed by atoms with Gasteiger partial charge in [0.15, 0.2) is 6.10 Å². The molecule has 1 aromatic carbocycles. The normalized spacial score (nSPS) is 11.7. The lowest BCUT2D eigenvalue weighted by atomic mass is 10.2. The summed E-state index contributed by atoms with van der Waals surface area (Å²) in [7, 11) is 0. The quantitative estimate of drug-likeness (QED) is 0.814. The van der Waals surface area contributed by atoms with E-state index in [1.807, 2.05) is 31.2 Å². The van der Waals surface area contributed by atoms with Crippen LogP contribution in [0.4, 0.5) is 5.69 Å². The van der Waals surface area contributed by atoms with Crippen molar-refractivity contribution in [1.29, 1.82) is 0 Å². The molecule has 4 nitrogen and oxygen atoms in total. The molecule has 0 fully saturated rings. The monoisotopic (exact) mass is 235 g/mol. The van der Waals surface area contributed by atoms with Crippen LogP contribution in [0.3, 0.4) is 0 Å². The van der Waals surface area contributed by atoms with E-state index in [1.165, 1.54) is 0 Å². The summed E-state index contributed by atoms with van der Waals surface area (Å²) >= 11 is 0. The zero-order valence-corrected chi connectivity index (χ0v) is 10.3. The lowest BCUT2D eigenvalue weighted by molar-refractivity contribution is -0.152. The Morgan fingerprint density at radius 1 is 1.29 bits per heavy atom. The summed E-state index contributed by atoms with van der Waals surface area (Å²) in [4.78, 5) is 22.7. The molecule has 17 heavy (non-hydrogen) atoms. The second-order valence-electron chi connectivity index (χ2n) is 3.84. The lowest BCUT2D eigenvalue weighted by Crippen LogP contribution is -2.29.